The first-order valence-electron chi connectivity index (χ1n) is 9.81. The first-order valence-corrected chi connectivity index (χ1v) is 10.6. The van der Waals surface area contributed by atoms with Gasteiger partial charge in [0.1, 0.15) is 10.7 Å². The van der Waals surface area contributed by atoms with Gasteiger partial charge >= 0.3 is 0 Å². The van der Waals surface area contributed by atoms with E-state index in [1.54, 1.807) is 11.3 Å². The third-order valence-electron chi connectivity index (χ3n) is 5.29. The standard InChI is InChI=1S/C19H26N4O3S/c24-16(20-7-2-8-23-9-11-26-12-10-23)6-5-15-21-18(25)17-13-3-1-4-14(13)27-19(17)22-15/h1-12H2,(H,20,24)(H,21,22,25). The molecule has 146 valence electrons. The van der Waals surface area contributed by atoms with Crippen molar-refractivity contribution in [2.24, 2.45) is 0 Å². The number of ether oxygens (including phenoxy) is 1. The highest BCUT2D eigenvalue weighted by atomic mass is 32.1. The Balaban J connectivity index is 1.24. The van der Waals surface area contributed by atoms with Gasteiger partial charge in [-0.25, -0.2) is 4.98 Å². The molecule has 27 heavy (non-hydrogen) atoms. The minimum atomic E-state index is -0.0553. The Kier molecular flexibility index (Phi) is 5.85. The van der Waals surface area contributed by atoms with Crippen molar-refractivity contribution in [3.05, 3.63) is 26.6 Å². The van der Waals surface area contributed by atoms with Crippen LogP contribution in [0, 0.1) is 0 Å². The van der Waals surface area contributed by atoms with Crippen LogP contribution >= 0.6 is 11.3 Å². The molecule has 1 aliphatic carbocycles. The summed E-state index contributed by atoms with van der Waals surface area (Å²) < 4.78 is 5.33. The maximum atomic E-state index is 12.4. The van der Waals surface area contributed by atoms with Crippen molar-refractivity contribution in [2.75, 3.05) is 39.4 Å². The Morgan fingerprint density at radius 2 is 2.15 bits per heavy atom. The van der Waals surface area contributed by atoms with Gasteiger partial charge in [-0.1, -0.05) is 0 Å². The van der Waals surface area contributed by atoms with Gasteiger partial charge in [-0.15, -0.1) is 11.3 Å². The number of H-pyrrole nitrogens is 1. The van der Waals surface area contributed by atoms with Crippen molar-refractivity contribution in [1.29, 1.82) is 0 Å². The Morgan fingerprint density at radius 3 is 3.00 bits per heavy atom. The van der Waals surface area contributed by atoms with Crippen LogP contribution < -0.4 is 10.9 Å². The zero-order valence-electron chi connectivity index (χ0n) is 15.5. The average Bonchev–Trinajstić information content (AvgIpc) is 3.25. The molecule has 2 N–H and O–H groups in total. The lowest BCUT2D eigenvalue weighted by molar-refractivity contribution is -0.121. The molecule has 7 nitrogen and oxygen atoms in total. The number of aryl methyl sites for hydroxylation is 3. The number of fused-ring (bicyclic) bond motifs is 3. The normalized spacial score (nSPS) is 17.3. The molecule has 0 atom stereocenters. The van der Waals surface area contributed by atoms with E-state index in [0.717, 1.165) is 68.7 Å². The van der Waals surface area contributed by atoms with Crippen molar-refractivity contribution >= 4 is 27.5 Å². The zero-order chi connectivity index (χ0) is 18.6. The summed E-state index contributed by atoms with van der Waals surface area (Å²) in [6.07, 6.45) is 4.90. The molecule has 1 saturated heterocycles. The van der Waals surface area contributed by atoms with Gasteiger partial charge in [-0.05, 0) is 37.8 Å². The number of nitrogens with zero attached hydrogens (tertiary/aromatic N) is 2. The van der Waals surface area contributed by atoms with E-state index in [1.165, 1.54) is 10.4 Å². The van der Waals surface area contributed by atoms with Crippen LogP contribution in [0.15, 0.2) is 4.79 Å². The zero-order valence-corrected chi connectivity index (χ0v) is 16.3. The Morgan fingerprint density at radius 1 is 1.30 bits per heavy atom. The maximum Gasteiger partial charge on any atom is 0.259 e. The van der Waals surface area contributed by atoms with Gasteiger partial charge in [0.25, 0.3) is 5.56 Å². The van der Waals surface area contributed by atoms with Crippen LogP contribution in [0.25, 0.3) is 10.2 Å². The van der Waals surface area contributed by atoms with E-state index in [1.807, 2.05) is 0 Å². The van der Waals surface area contributed by atoms with Gasteiger partial charge < -0.3 is 15.0 Å². The largest absolute Gasteiger partial charge is 0.379 e. The monoisotopic (exact) mass is 390 g/mol. The number of aromatic nitrogens is 2. The fourth-order valence-corrected chi connectivity index (χ4v) is 5.12. The fraction of sp³-hybridized carbons (Fsp3) is 0.632. The first kappa shape index (κ1) is 18.6. The van der Waals surface area contributed by atoms with Gasteiger partial charge in [0.05, 0.1) is 18.6 Å². The lowest BCUT2D eigenvalue weighted by atomic mass is 10.2. The number of thiophene rings is 1. The van der Waals surface area contributed by atoms with E-state index in [2.05, 4.69) is 20.2 Å². The van der Waals surface area contributed by atoms with Gasteiger partial charge in [0.15, 0.2) is 0 Å². The smallest absolute Gasteiger partial charge is 0.259 e. The highest BCUT2D eigenvalue weighted by molar-refractivity contribution is 7.18. The summed E-state index contributed by atoms with van der Waals surface area (Å²) in [7, 11) is 0. The summed E-state index contributed by atoms with van der Waals surface area (Å²) in [6.45, 7) is 5.21. The lowest BCUT2D eigenvalue weighted by Gasteiger charge is -2.26. The van der Waals surface area contributed by atoms with Gasteiger partial charge in [-0.3, -0.25) is 14.5 Å². The van der Waals surface area contributed by atoms with Crippen molar-refractivity contribution in [1.82, 2.24) is 20.2 Å². The van der Waals surface area contributed by atoms with E-state index < -0.39 is 0 Å². The molecular formula is C19H26N4O3S. The number of carbonyl (C=O) groups excluding carboxylic acids is 1. The van der Waals surface area contributed by atoms with Gasteiger partial charge in [0, 0.05) is 37.4 Å². The summed E-state index contributed by atoms with van der Waals surface area (Å²) in [5, 5.41) is 3.73. The Bertz CT molecular complexity index is 870. The summed E-state index contributed by atoms with van der Waals surface area (Å²) in [6, 6.07) is 0. The molecule has 3 heterocycles. The molecule has 2 aromatic heterocycles. The van der Waals surface area contributed by atoms with Gasteiger partial charge in [-0.2, -0.15) is 0 Å². The van der Waals surface area contributed by atoms with Crippen LogP contribution in [0.3, 0.4) is 0 Å². The molecule has 0 aromatic carbocycles. The van der Waals surface area contributed by atoms with Crippen LogP contribution in [-0.2, 0) is 28.8 Å². The van der Waals surface area contributed by atoms with E-state index >= 15 is 0 Å². The van der Waals surface area contributed by atoms with Gasteiger partial charge in [0.2, 0.25) is 5.91 Å². The van der Waals surface area contributed by atoms with Crippen molar-refractivity contribution in [3.63, 3.8) is 0 Å². The topological polar surface area (TPSA) is 87.3 Å². The van der Waals surface area contributed by atoms with E-state index in [0.29, 0.717) is 25.2 Å². The lowest BCUT2D eigenvalue weighted by Crippen LogP contribution is -2.38. The second kappa shape index (κ2) is 8.50. The number of aromatic amines is 1. The number of carbonyl (C=O) groups is 1. The van der Waals surface area contributed by atoms with Crippen LogP contribution in [0.1, 0.15) is 35.5 Å². The number of rotatable bonds is 7. The quantitative estimate of drug-likeness (QED) is 0.695. The van der Waals surface area contributed by atoms with Crippen molar-refractivity contribution in [3.8, 4) is 0 Å². The summed E-state index contributed by atoms with van der Waals surface area (Å²) >= 11 is 1.63. The third kappa shape index (κ3) is 4.39. The number of hydrogen-bond acceptors (Lipinski definition) is 6. The molecular weight excluding hydrogens is 364 g/mol. The van der Waals surface area contributed by atoms with Crippen LogP contribution in [0.4, 0.5) is 0 Å². The molecule has 4 rings (SSSR count). The molecule has 0 radical (unpaired) electrons. The molecule has 2 aliphatic rings. The Hall–Kier alpha value is -1.77. The molecule has 0 bridgehead atoms. The highest BCUT2D eigenvalue weighted by Crippen LogP contribution is 2.34. The summed E-state index contributed by atoms with van der Waals surface area (Å²) in [5.41, 5.74) is 1.13. The Labute approximate surface area is 162 Å². The molecule has 1 aliphatic heterocycles. The molecule has 1 fully saturated rings. The minimum absolute atomic E-state index is 0.00778. The number of amides is 1. The highest BCUT2D eigenvalue weighted by Gasteiger charge is 2.21. The van der Waals surface area contributed by atoms with Crippen molar-refractivity contribution < 1.29 is 9.53 Å². The SMILES string of the molecule is O=C(CCc1nc2sc3c(c2c(=O)[nH]1)CCC3)NCCCN1CCOCC1. The molecule has 2 aromatic rings. The maximum absolute atomic E-state index is 12.4. The van der Waals surface area contributed by atoms with E-state index in [4.69, 9.17) is 4.74 Å². The predicted molar refractivity (Wildman–Crippen MR) is 105 cm³/mol. The average molecular weight is 391 g/mol. The number of nitrogens with one attached hydrogen (secondary N) is 2. The molecule has 0 spiro atoms. The van der Waals surface area contributed by atoms with Crippen molar-refractivity contribution in [2.45, 2.75) is 38.5 Å². The van der Waals surface area contributed by atoms with Crippen LogP contribution in [0.5, 0.6) is 0 Å². The summed E-state index contributed by atoms with van der Waals surface area (Å²) in [4.78, 5) is 36.4. The third-order valence-corrected chi connectivity index (χ3v) is 6.48. The number of hydrogen-bond donors (Lipinski definition) is 2. The second-order valence-corrected chi connectivity index (χ2v) is 8.29. The molecule has 0 unspecified atom stereocenters. The molecule has 1 amide bonds. The summed E-state index contributed by atoms with van der Waals surface area (Å²) in [5.74, 6) is 0.615. The van der Waals surface area contributed by atoms with Crippen LogP contribution in [0.2, 0.25) is 0 Å². The first-order chi connectivity index (χ1) is 13.2. The second-order valence-electron chi connectivity index (χ2n) is 7.21. The molecule has 0 saturated carbocycles. The van der Waals surface area contributed by atoms with E-state index in [-0.39, 0.29) is 11.5 Å². The minimum Gasteiger partial charge on any atom is -0.379 e. The predicted octanol–water partition coefficient (Wildman–Crippen LogP) is 1.24. The fourth-order valence-electron chi connectivity index (χ4n) is 3.84. The van der Waals surface area contributed by atoms with E-state index in [9.17, 15) is 9.59 Å². The molecule has 8 heteroatoms. The van der Waals surface area contributed by atoms with Crippen LogP contribution in [-0.4, -0.2) is 60.2 Å². The number of morpholine rings is 1.